The first kappa shape index (κ1) is 23.3. The molecule has 1 amide bonds. The molecule has 35 heavy (non-hydrogen) atoms. The molecule has 5 rings (SSSR count). The second kappa shape index (κ2) is 9.67. The molecule has 2 aliphatic rings. The van der Waals surface area contributed by atoms with Crippen molar-refractivity contribution in [1.29, 1.82) is 0 Å². The van der Waals surface area contributed by atoms with Crippen LogP contribution >= 0.6 is 0 Å². The summed E-state index contributed by atoms with van der Waals surface area (Å²) in [4.78, 5) is 16.6. The molecule has 3 aromatic rings. The molecule has 1 saturated heterocycles. The van der Waals surface area contributed by atoms with Crippen molar-refractivity contribution in [2.75, 3.05) is 25.0 Å². The highest BCUT2D eigenvalue weighted by Crippen LogP contribution is 2.31. The smallest absolute Gasteiger partial charge is 0.247 e. The largest absolute Gasteiger partial charge is 0.367 e. The highest BCUT2D eigenvalue weighted by Gasteiger charge is 2.42. The number of aromatic nitrogens is 2. The SMILES string of the molecule is CNC1N(N)C(C2O[C@H](C(N)=O)CN(Cc3ccccc3)[C@@H]2C)=CCN1c1ccc2cn[nH]c2c1. The van der Waals surface area contributed by atoms with Crippen LogP contribution in [0.4, 0.5) is 5.69 Å². The Kier molecular flexibility index (Phi) is 6.44. The van der Waals surface area contributed by atoms with Crippen LogP contribution in [-0.4, -0.2) is 70.7 Å². The summed E-state index contributed by atoms with van der Waals surface area (Å²) in [5.41, 5.74) is 9.65. The van der Waals surface area contributed by atoms with E-state index in [9.17, 15) is 4.79 Å². The van der Waals surface area contributed by atoms with Crippen LogP contribution in [0, 0.1) is 0 Å². The molecule has 0 radical (unpaired) electrons. The number of anilines is 1. The number of benzene rings is 2. The lowest BCUT2D eigenvalue weighted by Crippen LogP contribution is -2.65. The summed E-state index contributed by atoms with van der Waals surface area (Å²) < 4.78 is 6.25. The van der Waals surface area contributed by atoms with Gasteiger partial charge < -0.3 is 15.4 Å². The van der Waals surface area contributed by atoms with Gasteiger partial charge in [0, 0.05) is 36.7 Å². The zero-order valence-corrected chi connectivity index (χ0v) is 20.0. The van der Waals surface area contributed by atoms with Gasteiger partial charge in [0.2, 0.25) is 5.91 Å². The van der Waals surface area contributed by atoms with E-state index < -0.39 is 18.1 Å². The summed E-state index contributed by atoms with van der Waals surface area (Å²) in [5.74, 6) is 6.22. The average Bonchev–Trinajstić information content (AvgIpc) is 3.34. The number of nitrogens with two attached hydrogens (primary N) is 2. The van der Waals surface area contributed by atoms with Gasteiger partial charge in [-0.05, 0) is 43.8 Å². The summed E-state index contributed by atoms with van der Waals surface area (Å²) >= 11 is 0. The minimum Gasteiger partial charge on any atom is -0.367 e. The third-order valence-electron chi connectivity index (χ3n) is 6.93. The van der Waals surface area contributed by atoms with Crippen molar-refractivity contribution in [1.82, 2.24) is 25.4 Å². The number of amides is 1. The van der Waals surface area contributed by atoms with Crippen molar-refractivity contribution in [3.63, 3.8) is 0 Å². The Balaban J connectivity index is 1.43. The molecule has 10 heteroatoms. The summed E-state index contributed by atoms with van der Waals surface area (Å²) in [7, 11) is 1.87. The van der Waals surface area contributed by atoms with E-state index in [1.165, 1.54) is 5.56 Å². The number of ether oxygens (including phenoxy) is 1. The number of hydrazine groups is 1. The Morgan fingerprint density at radius 1 is 1.26 bits per heavy atom. The zero-order chi connectivity index (χ0) is 24.5. The number of primary amides is 1. The maximum Gasteiger partial charge on any atom is 0.247 e. The first-order chi connectivity index (χ1) is 17.0. The van der Waals surface area contributed by atoms with Crippen LogP contribution in [0.5, 0.6) is 0 Å². The number of morpholine rings is 1. The summed E-state index contributed by atoms with van der Waals surface area (Å²) in [5, 5.41) is 13.2. The number of carbonyl (C=O) groups is 1. The topological polar surface area (TPSA) is 129 Å². The van der Waals surface area contributed by atoms with Gasteiger partial charge in [-0.2, -0.15) is 5.10 Å². The van der Waals surface area contributed by atoms with Crippen molar-refractivity contribution in [3.05, 3.63) is 72.1 Å². The Hall–Kier alpha value is -3.44. The van der Waals surface area contributed by atoms with E-state index in [1.807, 2.05) is 31.3 Å². The molecule has 2 aromatic carbocycles. The Bertz CT molecular complexity index is 1210. The van der Waals surface area contributed by atoms with E-state index >= 15 is 0 Å². The highest BCUT2D eigenvalue weighted by atomic mass is 16.5. The van der Waals surface area contributed by atoms with Gasteiger partial charge in [-0.15, -0.1) is 0 Å². The second-order valence-corrected chi connectivity index (χ2v) is 9.10. The normalized spacial score (nSPS) is 25.6. The Labute approximate surface area is 204 Å². The van der Waals surface area contributed by atoms with Gasteiger partial charge in [-0.3, -0.25) is 25.1 Å². The van der Waals surface area contributed by atoms with Crippen LogP contribution in [0.25, 0.3) is 10.9 Å². The second-order valence-electron chi connectivity index (χ2n) is 9.10. The van der Waals surface area contributed by atoms with Crippen molar-refractivity contribution in [2.24, 2.45) is 11.6 Å². The first-order valence-corrected chi connectivity index (χ1v) is 11.8. The van der Waals surface area contributed by atoms with Gasteiger partial charge in [0.25, 0.3) is 0 Å². The molecule has 0 spiro atoms. The van der Waals surface area contributed by atoms with Crippen LogP contribution < -0.4 is 21.8 Å². The molecule has 0 aliphatic carbocycles. The number of hydrogen-bond acceptors (Lipinski definition) is 8. The van der Waals surface area contributed by atoms with Crippen LogP contribution in [-0.2, 0) is 16.1 Å². The lowest BCUT2D eigenvalue weighted by Gasteiger charge is -2.49. The maximum absolute atomic E-state index is 12.2. The van der Waals surface area contributed by atoms with Crippen molar-refractivity contribution in [3.8, 4) is 0 Å². The summed E-state index contributed by atoms with van der Waals surface area (Å²) in [6.45, 7) is 3.84. The molecule has 2 aliphatic heterocycles. The number of rotatable bonds is 6. The number of hydrogen-bond donors (Lipinski definition) is 4. The molecular weight excluding hydrogens is 444 g/mol. The van der Waals surface area contributed by atoms with Gasteiger partial charge in [0.1, 0.15) is 12.2 Å². The molecule has 3 heterocycles. The average molecular weight is 477 g/mol. The molecule has 0 saturated carbocycles. The minimum absolute atomic E-state index is 0.0199. The third-order valence-corrected chi connectivity index (χ3v) is 6.93. The van der Waals surface area contributed by atoms with Crippen molar-refractivity contribution in [2.45, 2.75) is 38.0 Å². The molecule has 6 N–H and O–H groups in total. The fraction of sp³-hybridized carbons (Fsp3) is 0.360. The lowest BCUT2D eigenvalue weighted by molar-refractivity contribution is -0.150. The van der Waals surface area contributed by atoms with E-state index in [0.29, 0.717) is 19.6 Å². The number of H-pyrrole nitrogens is 1. The van der Waals surface area contributed by atoms with Gasteiger partial charge in [-0.1, -0.05) is 30.3 Å². The summed E-state index contributed by atoms with van der Waals surface area (Å²) in [6, 6.07) is 16.3. The number of carbonyl (C=O) groups excluding carboxylic acids is 1. The van der Waals surface area contributed by atoms with Gasteiger partial charge in [0.15, 0.2) is 6.29 Å². The number of fused-ring (bicyclic) bond motifs is 1. The molecule has 2 unspecified atom stereocenters. The van der Waals surface area contributed by atoms with Crippen LogP contribution in [0.2, 0.25) is 0 Å². The fourth-order valence-corrected chi connectivity index (χ4v) is 5.00. The molecule has 10 nitrogen and oxygen atoms in total. The van der Waals surface area contributed by atoms with E-state index in [-0.39, 0.29) is 12.3 Å². The predicted octanol–water partition coefficient (Wildman–Crippen LogP) is 1.09. The fourth-order valence-electron chi connectivity index (χ4n) is 5.00. The van der Waals surface area contributed by atoms with Crippen LogP contribution in [0.15, 0.2) is 66.5 Å². The van der Waals surface area contributed by atoms with Crippen molar-refractivity contribution < 1.29 is 9.53 Å². The molecule has 1 fully saturated rings. The van der Waals surface area contributed by atoms with Crippen LogP contribution in [0.3, 0.4) is 0 Å². The maximum atomic E-state index is 12.2. The quantitative estimate of drug-likeness (QED) is 0.389. The molecule has 4 atom stereocenters. The zero-order valence-electron chi connectivity index (χ0n) is 20.0. The van der Waals surface area contributed by atoms with Gasteiger partial charge in [-0.25, -0.2) is 5.84 Å². The lowest BCUT2D eigenvalue weighted by atomic mass is 10.00. The third kappa shape index (κ3) is 4.48. The van der Waals surface area contributed by atoms with Gasteiger partial charge in [0.05, 0.1) is 17.4 Å². The van der Waals surface area contributed by atoms with E-state index in [2.05, 4.69) is 62.6 Å². The van der Waals surface area contributed by atoms with Gasteiger partial charge >= 0.3 is 0 Å². The molecule has 1 aromatic heterocycles. The monoisotopic (exact) mass is 476 g/mol. The van der Waals surface area contributed by atoms with E-state index in [0.717, 1.165) is 22.3 Å². The van der Waals surface area contributed by atoms with Crippen LogP contribution in [0.1, 0.15) is 12.5 Å². The molecule has 0 bridgehead atoms. The highest BCUT2D eigenvalue weighted by molar-refractivity contribution is 5.82. The van der Waals surface area contributed by atoms with E-state index in [4.69, 9.17) is 16.3 Å². The standard InChI is InChI=1S/C25H32N8O2/c1-16-23(35-22(24(26)34)15-31(16)14-17-6-4-3-5-7-17)21-10-11-32(25(28-2)33(21)27)19-9-8-18-13-29-30-20(18)12-19/h3-10,12-13,16,22-23,25,28H,11,14-15,27H2,1-2H3,(H2,26,34)(H,29,30)/t16-,22+,23?,25?/m1/s1. The molecular formula is C25H32N8O2. The number of nitrogens with zero attached hydrogens (tertiary/aromatic N) is 4. The first-order valence-electron chi connectivity index (χ1n) is 11.8. The summed E-state index contributed by atoms with van der Waals surface area (Å²) in [6.07, 6.45) is 2.42. The Morgan fingerprint density at radius 3 is 2.80 bits per heavy atom. The van der Waals surface area contributed by atoms with Crippen molar-refractivity contribution >= 4 is 22.5 Å². The molecule has 184 valence electrons. The van der Waals surface area contributed by atoms with E-state index in [1.54, 1.807) is 11.2 Å². The Morgan fingerprint density at radius 2 is 2.06 bits per heavy atom. The number of aromatic amines is 1. The predicted molar refractivity (Wildman–Crippen MR) is 135 cm³/mol. The minimum atomic E-state index is -0.719. The number of nitrogens with one attached hydrogen (secondary N) is 2.